The van der Waals surface area contributed by atoms with Crippen molar-refractivity contribution in [2.45, 2.75) is 32.5 Å². The number of aliphatic hydroxyl groups is 1. The van der Waals surface area contributed by atoms with Crippen LogP contribution in [0.15, 0.2) is 18.3 Å². The van der Waals surface area contributed by atoms with Crippen molar-refractivity contribution in [2.24, 2.45) is 5.92 Å². The number of hydrogen-bond acceptors (Lipinski definition) is 4. The van der Waals surface area contributed by atoms with Gasteiger partial charge in [0, 0.05) is 20.2 Å². The summed E-state index contributed by atoms with van der Waals surface area (Å²) in [4.78, 5) is 6.59. The highest BCUT2D eigenvalue weighted by atomic mass is 16.5. The molecule has 4 heteroatoms. The van der Waals surface area contributed by atoms with E-state index in [1.54, 1.807) is 14.0 Å². The van der Waals surface area contributed by atoms with Crippen LogP contribution in [0.4, 0.5) is 5.69 Å². The van der Waals surface area contributed by atoms with Gasteiger partial charge in [-0.15, -0.1) is 0 Å². The lowest BCUT2D eigenvalue weighted by Crippen LogP contribution is -2.43. The molecule has 2 unspecified atom stereocenters. The van der Waals surface area contributed by atoms with Crippen molar-refractivity contribution in [3.63, 3.8) is 0 Å². The van der Waals surface area contributed by atoms with Gasteiger partial charge in [-0.25, -0.2) is 0 Å². The maximum Gasteiger partial charge on any atom is 0.0931 e. The van der Waals surface area contributed by atoms with E-state index in [-0.39, 0.29) is 6.10 Å². The predicted octanol–water partition coefficient (Wildman–Crippen LogP) is 2.00. The summed E-state index contributed by atoms with van der Waals surface area (Å²) >= 11 is 0. The lowest BCUT2D eigenvalue weighted by atomic mass is 9.95. The molecule has 0 radical (unpaired) electrons. The summed E-state index contributed by atoms with van der Waals surface area (Å²) in [5, 5.41) is 9.44. The Hall–Kier alpha value is -1.13. The summed E-state index contributed by atoms with van der Waals surface area (Å²) in [7, 11) is 1.78. The van der Waals surface area contributed by atoms with E-state index in [0.29, 0.717) is 11.6 Å². The van der Waals surface area contributed by atoms with Crippen LogP contribution in [0.5, 0.6) is 0 Å². The van der Waals surface area contributed by atoms with Crippen LogP contribution in [0, 0.1) is 5.92 Å². The van der Waals surface area contributed by atoms with Crippen molar-refractivity contribution >= 4 is 5.69 Å². The molecule has 100 valence electrons. The van der Waals surface area contributed by atoms with E-state index in [2.05, 4.69) is 16.8 Å². The Kier molecular flexibility index (Phi) is 4.19. The number of methoxy groups -OCH3 is 1. The van der Waals surface area contributed by atoms with Crippen LogP contribution in [0.2, 0.25) is 0 Å². The van der Waals surface area contributed by atoms with Crippen molar-refractivity contribution in [2.75, 3.05) is 25.1 Å². The molecule has 4 nitrogen and oxygen atoms in total. The van der Waals surface area contributed by atoms with Gasteiger partial charge >= 0.3 is 0 Å². The fourth-order valence-corrected chi connectivity index (χ4v) is 2.41. The zero-order valence-electron chi connectivity index (χ0n) is 11.3. The van der Waals surface area contributed by atoms with Crippen LogP contribution in [0.3, 0.4) is 0 Å². The molecule has 0 saturated carbocycles. The Bertz CT molecular complexity index is 378. The van der Waals surface area contributed by atoms with Gasteiger partial charge in [0.05, 0.1) is 29.8 Å². The molecule has 3 atom stereocenters. The predicted molar refractivity (Wildman–Crippen MR) is 71.7 cm³/mol. The number of ether oxygens (including phenoxy) is 1. The monoisotopic (exact) mass is 250 g/mol. The first-order chi connectivity index (χ1) is 8.61. The molecule has 2 rings (SSSR count). The molecule has 1 aliphatic heterocycles. The quantitative estimate of drug-likeness (QED) is 0.891. The molecular weight excluding hydrogens is 228 g/mol. The third kappa shape index (κ3) is 2.82. The van der Waals surface area contributed by atoms with Gasteiger partial charge in [0.15, 0.2) is 0 Å². The summed E-state index contributed by atoms with van der Waals surface area (Å²) in [5.74, 6) is 0.607. The van der Waals surface area contributed by atoms with Crippen LogP contribution in [0.25, 0.3) is 0 Å². The molecular formula is C14H22N2O2. The minimum atomic E-state index is -0.507. The third-order valence-corrected chi connectivity index (χ3v) is 3.76. The lowest BCUT2D eigenvalue weighted by Gasteiger charge is -2.37. The van der Waals surface area contributed by atoms with Crippen molar-refractivity contribution < 1.29 is 9.84 Å². The topological polar surface area (TPSA) is 45.6 Å². The first-order valence-corrected chi connectivity index (χ1v) is 6.53. The fourth-order valence-electron chi connectivity index (χ4n) is 2.41. The second kappa shape index (κ2) is 5.67. The highest BCUT2D eigenvalue weighted by molar-refractivity contribution is 5.45. The number of rotatable bonds is 3. The Morgan fingerprint density at radius 3 is 2.83 bits per heavy atom. The van der Waals surface area contributed by atoms with Gasteiger partial charge in [-0.05, 0) is 31.4 Å². The number of anilines is 1. The molecule has 1 aromatic rings. The van der Waals surface area contributed by atoms with Gasteiger partial charge in [-0.1, -0.05) is 6.92 Å². The van der Waals surface area contributed by atoms with Gasteiger partial charge in [-0.2, -0.15) is 0 Å². The standard InChI is InChI=1S/C14H22N2O2/c1-10-6-7-16(9-14(10)18-3)12-4-5-13(11(2)17)15-8-12/h4-5,8,10-11,14,17H,6-7,9H2,1-3H3/t10?,11-,14?/m1/s1. The largest absolute Gasteiger partial charge is 0.387 e. The van der Waals surface area contributed by atoms with Gasteiger partial charge in [0.25, 0.3) is 0 Å². The van der Waals surface area contributed by atoms with Crippen LogP contribution in [-0.4, -0.2) is 36.4 Å². The molecule has 1 N–H and O–H groups in total. The summed E-state index contributed by atoms with van der Waals surface area (Å²) in [6.45, 7) is 5.91. The molecule has 2 heterocycles. The Labute approximate surface area is 109 Å². The molecule has 0 aliphatic carbocycles. The molecule has 18 heavy (non-hydrogen) atoms. The normalized spacial score (nSPS) is 26.1. The van der Waals surface area contributed by atoms with Crippen LogP contribution >= 0.6 is 0 Å². The molecule has 0 amide bonds. The highest BCUT2D eigenvalue weighted by Gasteiger charge is 2.26. The smallest absolute Gasteiger partial charge is 0.0931 e. The fraction of sp³-hybridized carbons (Fsp3) is 0.643. The van der Waals surface area contributed by atoms with E-state index < -0.39 is 6.10 Å². The van der Waals surface area contributed by atoms with E-state index in [1.807, 2.05) is 18.3 Å². The summed E-state index contributed by atoms with van der Waals surface area (Å²) < 4.78 is 5.52. The Balaban J connectivity index is 2.07. The first-order valence-electron chi connectivity index (χ1n) is 6.53. The molecule has 1 aliphatic rings. The van der Waals surface area contributed by atoms with Crippen molar-refractivity contribution in [1.29, 1.82) is 0 Å². The van der Waals surface area contributed by atoms with Crippen LogP contribution in [0.1, 0.15) is 32.1 Å². The second-order valence-electron chi connectivity index (χ2n) is 5.10. The van der Waals surface area contributed by atoms with Crippen molar-refractivity contribution in [3.8, 4) is 0 Å². The molecule has 0 aromatic carbocycles. The zero-order valence-corrected chi connectivity index (χ0v) is 11.3. The van der Waals surface area contributed by atoms with E-state index in [0.717, 1.165) is 25.2 Å². The molecule has 1 fully saturated rings. The SMILES string of the molecule is COC1CN(c2ccc([C@@H](C)O)nc2)CCC1C. The molecule has 0 spiro atoms. The maximum absolute atomic E-state index is 9.44. The van der Waals surface area contributed by atoms with E-state index in [4.69, 9.17) is 4.74 Å². The van der Waals surface area contributed by atoms with E-state index in [9.17, 15) is 5.11 Å². The summed E-state index contributed by atoms with van der Waals surface area (Å²) in [5.41, 5.74) is 1.82. The van der Waals surface area contributed by atoms with Crippen molar-refractivity contribution in [3.05, 3.63) is 24.0 Å². The number of aromatic nitrogens is 1. The number of aliphatic hydroxyl groups excluding tert-OH is 1. The van der Waals surface area contributed by atoms with Gasteiger partial charge in [-0.3, -0.25) is 4.98 Å². The van der Waals surface area contributed by atoms with Crippen LogP contribution < -0.4 is 4.90 Å². The number of pyridine rings is 1. The van der Waals surface area contributed by atoms with Crippen LogP contribution in [-0.2, 0) is 4.74 Å². The van der Waals surface area contributed by atoms with Gasteiger partial charge in [0.2, 0.25) is 0 Å². The number of hydrogen-bond donors (Lipinski definition) is 1. The second-order valence-corrected chi connectivity index (χ2v) is 5.10. The third-order valence-electron chi connectivity index (χ3n) is 3.76. The lowest BCUT2D eigenvalue weighted by molar-refractivity contribution is 0.0498. The van der Waals surface area contributed by atoms with Crippen molar-refractivity contribution in [1.82, 2.24) is 4.98 Å². The zero-order chi connectivity index (χ0) is 13.1. The summed E-state index contributed by atoms with van der Waals surface area (Å²) in [6, 6.07) is 3.91. The van der Waals surface area contributed by atoms with Gasteiger partial charge < -0.3 is 14.7 Å². The highest BCUT2D eigenvalue weighted by Crippen LogP contribution is 2.24. The Morgan fingerprint density at radius 1 is 1.50 bits per heavy atom. The van der Waals surface area contributed by atoms with E-state index >= 15 is 0 Å². The number of nitrogens with zero attached hydrogens (tertiary/aromatic N) is 2. The first kappa shape index (κ1) is 13.3. The summed E-state index contributed by atoms with van der Waals surface area (Å²) in [6.07, 6.45) is 2.75. The molecule has 1 aromatic heterocycles. The van der Waals surface area contributed by atoms with Gasteiger partial charge in [0.1, 0.15) is 0 Å². The van der Waals surface area contributed by atoms with E-state index in [1.165, 1.54) is 0 Å². The maximum atomic E-state index is 9.44. The molecule has 0 bridgehead atoms. The minimum Gasteiger partial charge on any atom is -0.387 e. The molecule has 1 saturated heterocycles. The minimum absolute atomic E-state index is 0.287. The average molecular weight is 250 g/mol. The Morgan fingerprint density at radius 2 is 2.28 bits per heavy atom. The number of piperidine rings is 1. The average Bonchev–Trinajstić information content (AvgIpc) is 2.39.